The molecule has 0 aliphatic carbocycles. The third-order valence-corrected chi connectivity index (χ3v) is 7.57. The maximum absolute atomic E-state index is 14.5. The fourth-order valence-electron chi connectivity index (χ4n) is 4.93. The molecule has 3 aromatic rings. The van der Waals surface area contributed by atoms with Crippen LogP contribution in [0.2, 0.25) is 5.02 Å². The summed E-state index contributed by atoms with van der Waals surface area (Å²) in [6, 6.07) is 12.9. The number of benzene rings is 2. The lowest BCUT2D eigenvalue weighted by Crippen LogP contribution is -2.38. The predicted molar refractivity (Wildman–Crippen MR) is 156 cm³/mol. The Morgan fingerprint density at radius 3 is 2.79 bits per heavy atom. The number of carbonyl (C=O) groups is 3. The van der Waals surface area contributed by atoms with Gasteiger partial charge in [0.1, 0.15) is 0 Å². The first-order chi connectivity index (χ1) is 20.2. The third-order valence-electron chi connectivity index (χ3n) is 7.28. The van der Waals surface area contributed by atoms with Gasteiger partial charge in [-0.25, -0.2) is 9.18 Å². The summed E-state index contributed by atoms with van der Waals surface area (Å²) in [7, 11) is 1.27. The van der Waals surface area contributed by atoms with E-state index in [0.29, 0.717) is 47.6 Å². The van der Waals surface area contributed by atoms with Crippen molar-refractivity contribution in [2.45, 2.75) is 44.8 Å². The zero-order valence-corrected chi connectivity index (χ0v) is 23.7. The minimum atomic E-state index is -0.950. The quantitative estimate of drug-likeness (QED) is 0.349. The molecule has 0 spiro atoms. The van der Waals surface area contributed by atoms with Gasteiger partial charge in [-0.3, -0.25) is 19.9 Å². The van der Waals surface area contributed by atoms with E-state index in [1.54, 1.807) is 36.5 Å². The van der Waals surface area contributed by atoms with Crippen molar-refractivity contribution in [2.24, 2.45) is 11.1 Å². The van der Waals surface area contributed by atoms with E-state index in [1.807, 2.05) is 13.0 Å². The zero-order chi connectivity index (χ0) is 29.8. The van der Waals surface area contributed by atoms with Gasteiger partial charge in [-0.2, -0.15) is 0 Å². The number of pyridine rings is 1. The van der Waals surface area contributed by atoms with Crippen molar-refractivity contribution < 1.29 is 28.3 Å². The molecule has 3 N–H and O–H groups in total. The van der Waals surface area contributed by atoms with Crippen molar-refractivity contribution in [1.82, 2.24) is 10.3 Å². The highest BCUT2D eigenvalue weighted by molar-refractivity contribution is 6.31. The number of aromatic nitrogens is 1. The summed E-state index contributed by atoms with van der Waals surface area (Å²) in [6.45, 7) is 1.84. The van der Waals surface area contributed by atoms with Crippen LogP contribution in [0.3, 0.4) is 0 Å². The summed E-state index contributed by atoms with van der Waals surface area (Å²) in [5.74, 6) is -1.52. The van der Waals surface area contributed by atoms with Gasteiger partial charge >= 0.3 is 6.09 Å². The van der Waals surface area contributed by atoms with Crippen molar-refractivity contribution >= 4 is 46.6 Å². The number of halogens is 2. The van der Waals surface area contributed by atoms with Crippen molar-refractivity contribution in [3.63, 3.8) is 0 Å². The van der Waals surface area contributed by atoms with Crippen LogP contribution in [0.1, 0.15) is 49.9 Å². The Morgan fingerprint density at radius 1 is 1.14 bits per heavy atom. The van der Waals surface area contributed by atoms with Crippen LogP contribution in [0.5, 0.6) is 0 Å². The molecule has 3 unspecified atom stereocenters. The third kappa shape index (κ3) is 6.36. The number of hydrogen-bond donors (Lipinski definition) is 3. The Labute approximate surface area is 246 Å². The number of amides is 3. The number of rotatable bonds is 4. The standard InChI is InChI=1S/C30H29ClFN5O5/c1-16-5-3-8-22(35-29(39)26-15-24(37-42-26)20-6-4-7-21(31)27(20)32)25-13-17(11-12-33-25)19-10-9-18(34-30(40)41-2)14-23(19)36-28(16)38/h4,6-7,9-14,16,22,26H,3,5,8,15H2,1-2H3,(H,34,40)(H,35,39)(H,36,38). The average Bonchev–Trinajstić information content (AvgIpc) is 3.48. The molecule has 42 heavy (non-hydrogen) atoms. The molecule has 0 saturated heterocycles. The number of carbonyl (C=O) groups excluding carboxylic acids is 3. The number of fused-ring (bicyclic) bond motifs is 4. The fourth-order valence-corrected chi connectivity index (χ4v) is 5.10. The predicted octanol–water partition coefficient (Wildman–Crippen LogP) is 5.83. The number of anilines is 2. The largest absolute Gasteiger partial charge is 0.453 e. The summed E-state index contributed by atoms with van der Waals surface area (Å²) in [5.41, 5.74) is 3.54. The number of methoxy groups -OCH3 is 1. The van der Waals surface area contributed by atoms with Crippen molar-refractivity contribution in [2.75, 3.05) is 17.7 Å². The normalized spacial score (nSPS) is 20.0. The second-order valence-electron chi connectivity index (χ2n) is 10.2. The van der Waals surface area contributed by atoms with Gasteiger partial charge < -0.3 is 20.2 Å². The van der Waals surface area contributed by atoms with E-state index in [2.05, 4.69) is 30.8 Å². The summed E-state index contributed by atoms with van der Waals surface area (Å²) < 4.78 is 19.2. The van der Waals surface area contributed by atoms with Crippen LogP contribution in [0, 0.1) is 11.7 Å². The second kappa shape index (κ2) is 12.6. The first-order valence-electron chi connectivity index (χ1n) is 13.5. The highest BCUT2D eigenvalue weighted by Crippen LogP contribution is 2.34. The Balaban J connectivity index is 1.40. The van der Waals surface area contributed by atoms with Gasteiger partial charge in [0.05, 0.1) is 35.3 Å². The lowest BCUT2D eigenvalue weighted by atomic mass is 9.95. The molecule has 0 saturated carbocycles. The first kappa shape index (κ1) is 29.0. The van der Waals surface area contributed by atoms with E-state index in [-0.39, 0.29) is 28.8 Å². The van der Waals surface area contributed by atoms with Crippen LogP contribution >= 0.6 is 11.6 Å². The van der Waals surface area contributed by atoms with Crippen LogP contribution in [0.4, 0.5) is 20.6 Å². The Kier molecular flexibility index (Phi) is 8.67. The molecule has 1 aromatic heterocycles. The first-order valence-corrected chi connectivity index (χ1v) is 13.8. The molecule has 10 nitrogen and oxygen atoms in total. The lowest BCUT2D eigenvalue weighted by Gasteiger charge is -2.23. The number of oxime groups is 1. The second-order valence-corrected chi connectivity index (χ2v) is 10.6. The van der Waals surface area contributed by atoms with Crippen LogP contribution in [-0.2, 0) is 19.2 Å². The molecule has 3 heterocycles. The van der Waals surface area contributed by atoms with E-state index in [0.717, 1.165) is 5.56 Å². The van der Waals surface area contributed by atoms with Gasteiger partial charge in [0, 0.05) is 35.3 Å². The van der Waals surface area contributed by atoms with Crippen LogP contribution < -0.4 is 16.0 Å². The minimum absolute atomic E-state index is 0.0392. The number of nitrogens with zero attached hydrogens (tertiary/aromatic N) is 2. The molecule has 218 valence electrons. The average molecular weight is 594 g/mol. The molecule has 0 fully saturated rings. The van der Waals surface area contributed by atoms with Gasteiger partial charge in [-0.1, -0.05) is 42.2 Å². The van der Waals surface area contributed by atoms with Crippen LogP contribution in [0.15, 0.2) is 59.9 Å². The topological polar surface area (TPSA) is 131 Å². The fraction of sp³-hybridized carbons (Fsp3) is 0.300. The molecule has 2 aliphatic rings. The SMILES string of the molecule is COC(=O)Nc1ccc2c(c1)NC(=O)C(C)CCCC(NC(=O)C1CC(c3cccc(Cl)c3F)=NO1)c1cc-2ccn1. The van der Waals surface area contributed by atoms with Crippen molar-refractivity contribution in [3.8, 4) is 11.1 Å². The molecule has 2 bridgehead atoms. The van der Waals surface area contributed by atoms with E-state index in [1.165, 1.54) is 19.2 Å². The molecule has 5 rings (SSSR count). The van der Waals surface area contributed by atoms with Gasteiger partial charge in [0.15, 0.2) is 5.82 Å². The molecule has 3 atom stereocenters. The molecule has 12 heteroatoms. The molecule has 2 aromatic carbocycles. The Hall–Kier alpha value is -4.51. The Bertz CT molecular complexity index is 1560. The number of nitrogens with one attached hydrogen (secondary N) is 3. The molecule has 2 aliphatic heterocycles. The number of ether oxygens (including phenoxy) is 1. The monoisotopic (exact) mass is 593 g/mol. The maximum atomic E-state index is 14.5. The van der Waals surface area contributed by atoms with E-state index in [9.17, 15) is 18.8 Å². The van der Waals surface area contributed by atoms with Crippen LogP contribution in [-0.4, -0.2) is 41.8 Å². The highest BCUT2D eigenvalue weighted by atomic mass is 35.5. The van der Waals surface area contributed by atoms with E-state index in [4.69, 9.17) is 16.4 Å². The molecule has 0 radical (unpaired) electrons. The smallest absolute Gasteiger partial charge is 0.411 e. The highest BCUT2D eigenvalue weighted by Gasteiger charge is 2.32. The minimum Gasteiger partial charge on any atom is -0.453 e. The van der Waals surface area contributed by atoms with Gasteiger partial charge in [0.25, 0.3) is 5.91 Å². The lowest BCUT2D eigenvalue weighted by molar-refractivity contribution is -0.132. The maximum Gasteiger partial charge on any atom is 0.411 e. The van der Waals surface area contributed by atoms with Crippen LogP contribution in [0.25, 0.3) is 11.1 Å². The Morgan fingerprint density at radius 2 is 1.98 bits per heavy atom. The zero-order valence-electron chi connectivity index (χ0n) is 22.9. The van der Waals surface area contributed by atoms with Gasteiger partial charge in [-0.05, 0) is 54.8 Å². The summed E-state index contributed by atoms with van der Waals surface area (Å²) in [5, 5.41) is 12.5. The van der Waals surface area contributed by atoms with Gasteiger partial charge in [0.2, 0.25) is 12.0 Å². The van der Waals surface area contributed by atoms with Crippen molar-refractivity contribution in [3.05, 3.63) is 76.8 Å². The van der Waals surface area contributed by atoms with E-state index < -0.39 is 30.0 Å². The molecular formula is C30H29ClFN5O5. The number of hydrogen-bond acceptors (Lipinski definition) is 7. The summed E-state index contributed by atoms with van der Waals surface area (Å²) >= 11 is 5.91. The molecule has 3 amide bonds. The molecular weight excluding hydrogens is 565 g/mol. The summed E-state index contributed by atoms with van der Waals surface area (Å²) in [6.07, 6.45) is 1.86. The van der Waals surface area contributed by atoms with Gasteiger partial charge in [-0.15, -0.1) is 0 Å². The summed E-state index contributed by atoms with van der Waals surface area (Å²) in [4.78, 5) is 48.1. The van der Waals surface area contributed by atoms with E-state index >= 15 is 0 Å². The van der Waals surface area contributed by atoms with Crippen molar-refractivity contribution in [1.29, 1.82) is 0 Å².